The molecule has 24 heavy (non-hydrogen) atoms. The monoisotopic (exact) mass is 343 g/mol. The minimum atomic E-state index is -3.55. The largest absolute Gasteiger partial charge is 0.324 e. The quantitative estimate of drug-likeness (QED) is 0.879. The molecule has 2 N–H and O–H groups in total. The lowest BCUT2D eigenvalue weighted by molar-refractivity contribution is -0.118. The number of sulfonamides is 1. The predicted molar refractivity (Wildman–Crippen MR) is 90.0 cm³/mol. The average Bonchev–Trinajstić information content (AvgIpc) is 3.38. The van der Waals surface area contributed by atoms with Gasteiger partial charge in [-0.25, -0.2) is 13.1 Å². The molecule has 1 saturated carbocycles. The molecular weight excluding hydrogens is 326 g/mol. The van der Waals surface area contributed by atoms with Crippen LogP contribution in [0, 0.1) is 0 Å². The summed E-state index contributed by atoms with van der Waals surface area (Å²) in [5, 5.41) is 2.26. The van der Waals surface area contributed by atoms with Crippen molar-refractivity contribution in [2.45, 2.75) is 30.1 Å². The molecule has 3 unspecified atom stereocenters. The molecule has 1 aliphatic heterocycles. The first-order chi connectivity index (χ1) is 11.5. The van der Waals surface area contributed by atoms with E-state index in [0.29, 0.717) is 18.5 Å². The highest BCUT2D eigenvalue weighted by Crippen LogP contribution is 2.45. The number of rotatable bonds is 4. The molecule has 4 rings (SSSR count). The van der Waals surface area contributed by atoms with Gasteiger partial charge in [0.2, 0.25) is 15.9 Å². The van der Waals surface area contributed by atoms with Gasteiger partial charge in [0.05, 0.1) is 5.25 Å². The fourth-order valence-corrected chi connectivity index (χ4v) is 5.00. The van der Waals surface area contributed by atoms with Gasteiger partial charge in [-0.3, -0.25) is 9.78 Å². The fraction of sp³-hybridized carbons (Fsp3) is 0.294. The molecule has 0 bridgehead atoms. The van der Waals surface area contributed by atoms with Gasteiger partial charge >= 0.3 is 0 Å². The molecule has 2 aromatic rings. The maximum absolute atomic E-state index is 12.6. The topological polar surface area (TPSA) is 88.2 Å². The average molecular weight is 343 g/mol. The summed E-state index contributed by atoms with van der Waals surface area (Å²) in [5.74, 6) is -0.321. The highest BCUT2D eigenvalue weighted by atomic mass is 32.2. The third-order valence-corrected chi connectivity index (χ3v) is 6.50. The van der Waals surface area contributed by atoms with Gasteiger partial charge < -0.3 is 5.32 Å². The highest BCUT2D eigenvalue weighted by Gasteiger charge is 2.49. The molecule has 2 heterocycles. The molecule has 0 radical (unpaired) electrons. The standard InChI is InChI=1S/C17H17N3O3S/c21-17-15(8-12-10-18-7-6-14(12)19-17)20-24(22,23)16-9-13(16)11-4-2-1-3-5-11/h1-7,10,13,15-16,20H,8-9H2,(H,19,21). The number of amides is 1. The Morgan fingerprint density at radius 2 is 1.96 bits per heavy atom. The summed E-state index contributed by atoms with van der Waals surface area (Å²) in [6.07, 6.45) is 4.15. The van der Waals surface area contributed by atoms with E-state index >= 15 is 0 Å². The normalized spacial score (nSPS) is 25.7. The molecular formula is C17H17N3O3S. The number of hydrogen-bond acceptors (Lipinski definition) is 4. The van der Waals surface area contributed by atoms with Gasteiger partial charge in [0.1, 0.15) is 6.04 Å². The van der Waals surface area contributed by atoms with Crippen LogP contribution in [0.25, 0.3) is 0 Å². The van der Waals surface area contributed by atoms with E-state index in [1.165, 1.54) is 0 Å². The summed E-state index contributed by atoms with van der Waals surface area (Å²) < 4.78 is 27.8. The molecule has 7 heteroatoms. The summed E-state index contributed by atoms with van der Waals surface area (Å²) in [5.41, 5.74) is 2.55. The lowest BCUT2D eigenvalue weighted by Gasteiger charge is -2.24. The molecule has 1 aromatic heterocycles. The van der Waals surface area contributed by atoms with Crippen molar-refractivity contribution in [3.05, 3.63) is 59.9 Å². The van der Waals surface area contributed by atoms with Crippen LogP contribution in [-0.4, -0.2) is 30.6 Å². The number of hydrogen-bond donors (Lipinski definition) is 2. The molecule has 124 valence electrons. The number of benzene rings is 1. The van der Waals surface area contributed by atoms with Crippen molar-refractivity contribution in [2.24, 2.45) is 0 Å². The number of fused-ring (bicyclic) bond motifs is 1. The Morgan fingerprint density at radius 1 is 1.17 bits per heavy atom. The van der Waals surface area contributed by atoms with E-state index in [2.05, 4.69) is 15.0 Å². The van der Waals surface area contributed by atoms with Crippen molar-refractivity contribution >= 4 is 21.6 Å². The van der Waals surface area contributed by atoms with Crippen LogP contribution in [0.4, 0.5) is 5.69 Å². The minimum Gasteiger partial charge on any atom is -0.324 e. The van der Waals surface area contributed by atoms with Gasteiger partial charge in [-0.05, 0) is 23.6 Å². The number of carbonyl (C=O) groups is 1. The van der Waals surface area contributed by atoms with Crippen LogP contribution >= 0.6 is 0 Å². The van der Waals surface area contributed by atoms with E-state index in [1.54, 1.807) is 18.5 Å². The van der Waals surface area contributed by atoms with Crippen LogP contribution in [0.1, 0.15) is 23.5 Å². The summed E-state index contributed by atoms with van der Waals surface area (Å²) in [6, 6.07) is 10.5. The second-order valence-corrected chi connectivity index (χ2v) is 8.16. The Balaban J connectivity index is 1.48. The summed E-state index contributed by atoms with van der Waals surface area (Å²) in [4.78, 5) is 16.2. The zero-order chi connectivity index (χ0) is 16.7. The fourth-order valence-electron chi connectivity index (χ4n) is 3.19. The highest BCUT2D eigenvalue weighted by molar-refractivity contribution is 7.90. The number of nitrogens with one attached hydrogen (secondary N) is 2. The Morgan fingerprint density at radius 3 is 2.75 bits per heavy atom. The van der Waals surface area contributed by atoms with Crippen molar-refractivity contribution in [3.8, 4) is 0 Å². The summed E-state index contributed by atoms with van der Waals surface area (Å²) in [6.45, 7) is 0. The SMILES string of the molecule is O=C1Nc2ccncc2CC1NS(=O)(=O)C1CC1c1ccccc1. The molecule has 3 atom stereocenters. The first-order valence-electron chi connectivity index (χ1n) is 7.84. The lowest BCUT2D eigenvalue weighted by Crippen LogP contribution is -2.48. The third-order valence-electron chi connectivity index (χ3n) is 4.57. The Labute approximate surface area is 140 Å². The van der Waals surface area contributed by atoms with Crippen molar-refractivity contribution in [3.63, 3.8) is 0 Å². The van der Waals surface area contributed by atoms with Gasteiger partial charge in [-0.2, -0.15) is 0 Å². The number of nitrogens with zero attached hydrogens (tertiary/aromatic N) is 1. The van der Waals surface area contributed by atoms with Gasteiger partial charge in [0.15, 0.2) is 0 Å². The first kappa shape index (κ1) is 15.3. The lowest BCUT2D eigenvalue weighted by atomic mass is 10.0. The van der Waals surface area contributed by atoms with Gasteiger partial charge in [0.25, 0.3) is 0 Å². The Kier molecular flexibility index (Phi) is 3.62. The van der Waals surface area contributed by atoms with E-state index in [1.807, 2.05) is 30.3 Å². The summed E-state index contributed by atoms with van der Waals surface area (Å²) >= 11 is 0. The molecule has 0 saturated heterocycles. The maximum atomic E-state index is 12.6. The molecule has 1 amide bonds. The smallest absolute Gasteiger partial charge is 0.242 e. The van der Waals surface area contributed by atoms with Gasteiger partial charge in [0, 0.05) is 30.4 Å². The van der Waals surface area contributed by atoms with Crippen LogP contribution in [0.2, 0.25) is 0 Å². The number of pyridine rings is 1. The molecule has 1 aromatic carbocycles. The molecule has 2 aliphatic rings. The van der Waals surface area contributed by atoms with Crippen LogP contribution in [0.15, 0.2) is 48.8 Å². The van der Waals surface area contributed by atoms with E-state index in [4.69, 9.17) is 0 Å². The van der Waals surface area contributed by atoms with Crippen molar-refractivity contribution in [1.82, 2.24) is 9.71 Å². The molecule has 1 aliphatic carbocycles. The van der Waals surface area contributed by atoms with E-state index in [0.717, 1.165) is 11.1 Å². The third kappa shape index (κ3) is 2.81. The van der Waals surface area contributed by atoms with Crippen LogP contribution in [0.5, 0.6) is 0 Å². The first-order valence-corrected chi connectivity index (χ1v) is 9.39. The van der Waals surface area contributed by atoms with Crippen LogP contribution in [-0.2, 0) is 21.2 Å². The molecule has 1 fully saturated rings. The van der Waals surface area contributed by atoms with E-state index in [-0.39, 0.29) is 11.8 Å². The minimum absolute atomic E-state index is 0.00399. The van der Waals surface area contributed by atoms with Crippen molar-refractivity contribution in [2.75, 3.05) is 5.32 Å². The zero-order valence-corrected chi connectivity index (χ0v) is 13.7. The zero-order valence-electron chi connectivity index (χ0n) is 12.8. The number of carbonyl (C=O) groups excluding carboxylic acids is 1. The van der Waals surface area contributed by atoms with Gasteiger partial charge in [-0.15, -0.1) is 0 Å². The van der Waals surface area contributed by atoms with E-state index in [9.17, 15) is 13.2 Å². The summed E-state index contributed by atoms with van der Waals surface area (Å²) in [7, 11) is -3.55. The maximum Gasteiger partial charge on any atom is 0.242 e. The molecule has 0 spiro atoms. The Hall–Kier alpha value is -2.25. The van der Waals surface area contributed by atoms with Gasteiger partial charge in [-0.1, -0.05) is 30.3 Å². The second kappa shape index (κ2) is 5.68. The van der Waals surface area contributed by atoms with Crippen LogP contribution < -0.4 is 10.0 Å². The van der Waals surface area contributed by atoms with Crippen LogP contribution in [0.3, 0.4) is 0 Å². The van der Waals surface area contributed by atoms with E-state index < -0.39 is 21.3 Å². The second-order valence-electron chi connectivity index (χ2n) is 6.23. The molecule has 6 nitrogen and oxygen atoms in total. The van der Waals surface area contributed by atoms with Crippen molar-refractivity contribution < 1.29 is 13.2 Å². The Bertz CT molecular complexity index is 883. The number of anilines is 1. The van der Waals surface area contributed by atoms with Crippen molar-refractivity contribution in [1.29, 1.82) is 0 Å². The number of aromatic nitrogens is 1. The predicted octanol–water partition coefficient (Wildman–Crippen LogP) is 1.42.